The van der Waals surface area contributed by atoms with Gasteiger partial charge < -0.3 is 4.90 Å². The van der Waals surface area contributed by atoms with E-state index in [4.69, 9.17) is 4.99 Å². The molecule has 2 aliphatic rings. The van der Waals surface area contributed by atoms with Gasteiger partial charge in [-0.1, -0.05) is 54.2 Å². The lowest BCUT2D eigenvalue weighted by atomic mass is 10.1. The van der Waals surface area contributed by atoms with E-state index in [0.29, 0.717) is 0 Å². The molecular weight excluding hydrogens is 364 g/mol. The van der Waals surface area contributed by atoms with Crippen LogP contribution in [0.5, 0.6) is 0 Å². The quantitative estimate of drug-likeness (QED) is 0.809. The highest BCUT2D eigenvalue weighted by atomic mass is 32.2. The molecule has 0 amide bonds. The van der Waals surface area contributed by atoms with E-state index in [2.05, 4.69) is 49.1 Å². The van der Waals surface area contributed by atoms with Crippen LogP contribution in [-0.2, 0) is 15.6 Å². The van der Waals surface area contributed by atoms with Crippen LogP contribution in [-0.4, -0.2) is 37.2 Å². The Morgan fingerprint density at radius 3 is 2.65 bits per heavy atom. The Hall–Kier alpha value is -1.79. The van der Waals surface area contributed by atoms with Crippen LogP contribution in [0.1, 0.15) is 16.7 Å². The fourth-order valence-corrected chi connectivity index (χ4v) is 6.53. The van der Waals surface area contributed by atoms with E-state index in [1.165, 1.54) is 11.1 Å². The van der Waals surface area contributed by atoms with Crippen LogP contribution in [0.15, 0.2) is 53.5 Å². The third kappa shape index (κ3) is 3.40. The van der Waals surface area contributed by atoms with E-state index in [1.807, 2.05) is 18.2 Å². The van der Waals surface area contributed by atoms with Crippen molar-refractivity contribution in [1.29, 1.82) is 0 Å². The topological polar surface area (TPSA) is 49.7 Å². The Bertz CT molecular complexity index is 955. The molecule has 1 saturated heterocycles. The van der Waals surface area contributed by atoms with E-state index in [9.17, 15) is 8.42 Å². The van der Waals surface area contributed by atoms with Crippen LogP contribution in [0.2, 0.25) is 0 Å². The SMILES string of the molecule is Cc1ccc(C)c(N2C(SCc3ccccc3)=N[C@H]3CS(=O)(=O)C[C@H]32)c1. The number of nitrogens with zero attached hydrogens (tertiary/aromatic N) is 2. The van der Waals surface area contributed by atoms with Crippen molar-refractivity contribution in [1.82, 2.24) is 0 Å². The van der Waals surface area contributed by atoms with Gasteiger partial charge in [-0.05, 0) is 36.6 Å². The Kier molecular flexibility index (Phi) is 4.57. The molecule has 6 heteroatoms. The summed E-state index contributed by atoms with van der Waals surface area (Å²) in [7, 11) is -3.02. The fourth-order valence-electron chi connectivity index (χ4n) is 3.62. The largest absolute Gasteiger partial charge is 0.315 e. The van der Waals surface area contributed by atoms with Gasteiger partial charge >= 0.3 is 0 Å². The second-order valence-electron chi connectivity index (χ2n) is 7.06. The molecule has 2 aliphatic heterocycles. The summed E-state index contributed by atoms with van der Waals surface area (Å²) in [5.74, 6) is 1.17. The molecule has 2 atom stereocenters. The lowest BCUT2D eigenvalue weighted by molar-refractivity contribution is 0.601. The van der Waals surface area contributed by atoms with E-state index < -0.39 is 9.84 Å². The summed E-state index contributed by atoms with van der Waals surface area (Å²) in [5.41, 5.74) is 4.63. The van der Waals surface area contributed by atoms with Crippen LogP contribution >= 0.6 is 11.8 Å². The summed E-state index contributed by atoms with van der Waals surface area (Å²) >= 11 is 1.69. The number of amidine groups is 1. The van der Waals surface area contributed by atoms with Crippen molar-refractivity contribution in [2.24, 2.45) is 4.99 Å². The van der Waals surface area contributed by atoms with Crippen molar-refractivity contribution >= 4 is 32.5 Å². The predicted molar refractivity (Wildman–Crippen MR) is 110 cm³/mol. The predicted octanol–water partition coefficient (Wildman–Crippen LogP) is 3.58. The summed E-state index contributed by atoms with van der Waals surface area (Å²) in [5, 5.41) is 0.937. The van der Waals surface area contributed by atoms with Crippen molar-refractivity contribution < 1.29 is 8.42 Å². The summed E-state index contributed by atoms with van der Waals surface area (Å²) < 4.78 is 24.3. The van der Waals surface area contributed by atoms with Crippen LogP contribution in [0.3, 0.4) is 0 Å². The third-order valence-electron chi connectivity index (χ3n) is 4.94. The van der Waals surface area contributed by atoms with Crippen molar-refractivity contribution in [3.8, 4) is 0 Å². The first-order chi connectivity index (χ1) is 12.4. The molecule has 26 heavy (non-hydrogen) atoms. The zero-order valence-electron chi connectivity index (χ0n) is 14.9. The number of benzene rings is 2. The molecule has 2 aromatic rings. The van der Waals surface area contributed by atoms with Gasteiger partial charge in [-0.25, -0.2) is 8.42 Å². The molecule has 2 aromatic carbocycles. The molecule has 2 heterocycles. The Morgan fingerprint density at radius 2 is 1.88 bits per heavy atom. The van der Waals surface area contributed by atoms with Crippen molar-refractivity contribution in [2.45, 2.75) is 31.7 Å². The summed E-state index contributed by atoms with van der Waals surface area (Å²) in [4.78, 5) is 6.99. The first kappa shape index (κ1) is 17.6. The van der Waals surface area contributed by atoms with Crippen LogP contribution in [0, 0.1) is 13.8 Å². The van der Waals surface area contributed by atoms with Gasteiger partial charge in [0, 0.05) is 11.4 Å². The van der Waals surface area contributed by atoms with Crippen LogP contribution in [0.4, 0.5) is 5.69 Å². The molecule has 0 spiro atoms. The fraction of sp³-hybridized carbons (Fsp3) is 0.350. The number of fused-ring (bicyclic) bond motifs is 1. The molecule has 4 rings (SSSR count). The van der Waals surface area contributed by atoms with Crippen molar-refractivity contribution in [2.75, 3.05) is 16.4 Å². The van der Waals surface area contributed by atoms with Gasteiger partial charge in [0.25, 0.3) is 0 Å². The Morgan fingerprint density at radius 1 is 1.12 bits per heavy atom. The maximum atomic E-state index is 12.2. The minimum Gasteiger partial charge on any atom is -0.315 e. The number of aryl methyl sites for hydroxylation is 2. The van der Waals surface area contributed by atoms with Gasteiger partial charge in [0.05, 0.1) is 23.6 Å². The van der Waals surface area contributed by atoms with E-state index >= 15 is 0 Å². The van der Waals surface area contributed by atoms with E-state index in [-0.39, 0.29) is 23.6 Å². The van der Waals surface area contributed by atoms with Gasteiger partial charge in [-0.15, -0.1) is 0 Å². The second kappa shape index (κ2) is 6.74. The minimum absolute atomic E-state index is 0.0845. The molecule has 0 N–H and O–H groups in total. The lowest BCUT2D eigenvalue weighted by Gasteiger charge is -2.28. The number of hydrogen-bond acceptors (Lipinski definition) is 5. The molecule has 136 valence electrons. The second-order valence-corrected chi connectivity index (χ2v) is 10.2. The summed E-state index contributed by atoms with van der Waals surface area (Å²) in [6.45, 7) is 4.14. The monoisotopic (exact) mass is 386 g/mol. The summed E-state index contributed by atoms with van der Waals surface area (Å²) in [6.07, 6.45) is 0. The molecular formula is C20H22N2O2S2. The third-order valence-corrected chi connectivity index (χ3v) is 7.68. The van der Waals surface area contributed by atoms with Gasteiger partial charge in [-0.3, -0.25) is 4.99 Å². The standard InChI is InChI=1S/C20H22N2O2S2/c1-14-8-9-15(2)18(10-14)22-19-13-26(23,24)12-17(19)21-20(22)25-11-16-6-4-3-5-7-16/h3-10,17,19H,11-13H2,1-2H3/t17-,19+/m0/s1. The number of aliphatic imine (C=N–C) groups is 1. The number of sulfone groups is 1. The van der Waals surface area contributed by atoms with Gasteiger partial charge in [-0.2, -0.15) is 0 Å². The molecule has 4 nitrogen and oxygen atoms in total. The Balaban J connectivity index is 1.67. The van der Waals surface area contributed by atoms with Crippen LogP contribution < -0.4 is 4.90 Å². The van der Waals surface area contributed by atoms with Gasteiger partial charge in [0.1, 0.15) is 0 Å². The van der Waals surface area contributed by atoms with Gasteiger partial charge in [0.15, 0.2) is 15.0 Å². The van der Waals surface area contributed by atoms with Crippen molar-refractivity contribution in [3.05, 3.63) is 65.2 Å². The molecule has 0 bridgehead atoms. The number of thioether (sulfide) groups is 1. The molecule has 0 aromatic heterocycles. The smallest absolute Gasteiger partial charge is 0.164 e. The van der Waals surface area contributed by atoms with E-state index in [0.717, 1.165) is 22.2 Å². The number of hydrogen-bond donors (Lipinski definition) is 0. The van der Waals surface area contributed by atoms with E-state index in [1.54, 1.807) is 11.8 Å². The molecule has 0 unspecified atom stereocenters. The molecule has 1 fully saturated rings. The first-order valence-corrected chi connectivity index (χ1v) is 11.5. The van der Waals surface area contributed by atoms with Gasteiger partial charge in [0.2, 0.25) is 0 Å². The molecule has 0 radical (unpaired) electrons. The zero-order chi connectivity index (χ0) is 18.3. The van der Waals surface area contributed by atoms with Crippen LogP contribution in [0.25, 0.3) is 0 Å². The normalized spacial score (nSPS) is 23.8. The number of rotatable bonds is 3. The summed E-state index contributed by atoms with van der Waals surface area (Å²) in [6, 6.07) is 16.4. The average Bonchev–Trinajstić information content (AvgIpc) is 3.07. The molecule has 0 aliphatic carbocycles. The maximum Gasteiger partial charge on any atom is 0.164 e. The minimum atomic E-state index is -3.02. The number of anilines is 1. The molecule has 0 saturated carbocycles. The lowest BCUT2D eigenvalue weighted by Crippen LogP contribution is -2.39. The highest BCUT2D eigenvalue weighted by molar-refractivity contribution is 8.13. The first-order valence-electron chi connectivity index (χ1n) is 8.74. The zero-order valence-corrected chi connectivity index (χ0v) is 16.6. The average molecular weight is 387 g/mol. The highest BCUT2D eigenvalue weighted by Crippen LogP contribution is 2.37. The highest BCUT2D eigenvalue weighted by Gasteiger charge is 2.47. The van der Waals surface area contributed by atoms with Crippen molar-refractivity contribution in [3.63, 3.8) is 0 Å². The maximum absolute atomic E-state index is 12.2. The Labute approximate surface area is 159 Å².